The second-order valence-corrected chi connectivity index (χ2v) is 4.31. The zero-order chi connectivity index (χ0) is 8.48. The van der Waals surface area contributed by atoms with Crippen LogP contribution in [0.1, 0.15) is 40.0 Å². The molecule has 1 heteroatoms. The number of aliphatic hydroxyl groups excluding tert-OH is 1. The van der Waals surface area contributed by atoms with Crippen molar-refractivity contribution in [1.82, 2.24) is 0 Å². The van der Waals surface area contributed by atoms with Crippen LogP contribution < -0.4 is 0 Å². The van der Waals surface area contributed by atoms with Crippen molar-refractivity contribution in [3.63, 3.8) is 0 Å². The van der Waals surface area contributed by atoms with E-state index in [1.165, 1.54) is 19.3 Å². The van der Waals surface area contributed by atoms with Gasteiger partial charge in [0.1, 0.15) is 0 Å². The third-order valence-corrected chi connectivity index (χ3v) is 3.37. The minimum Gasteiger partial charge on any atom is -0.396 e. The van der Waals surface area contributed by atoms with Crippen molar-refractivity contribution in [2.24, 2.45) is 17.3 Å². The van der Waals surface area contributed by atoms with Crippen molar-refractivity contribution in [3.05, 3.63) is 0 Å². The van der Waals surface area contributed by atoms with Gasteiger partial charge in [-0.05, 0) is 30.1 Å². The lowest BCUT2D eigenvalue weighted by Crippen LogP contribution is -2.11. The molecule has 1 N–H and O–H groups in total. The zero-order valence-corrected chi connectivity index (χ0v) is 7.93. The summed E-state index contributed by atoms with van der Waals surface area (Å²) in [7, 11) is 0. The fourth-order valence-electron chi connectivity index (χ4n) is 2.23. The lowest BCUT2D eigenvalue weighted by Gasteiger charge is -2.17. The maximum atomic E-state index is 8.91. The summed E-state index contributed by atoms with van der Waals surface area (Å²) in [6.07, 6.45) is 3.90. The molecular weight excluding hydrogens is 136 g/mol. The van der Waals surface area contributed by atoms with E-state index in [2.05, 4.69) is 20.8 Å². The van der Waals surface area contributed by atoms with Crippen molar-refractivity contribution in [2.45, 2.75) is 40.0 Å². The lowest BCUT2D eigenvalue weighted by molar-refractivity contribution is 0.200. The first-order valence-corrected chi connectivity index (χ1v) is 4.75. The normalized spacial score (nSPS) is 38.7. The molecule has 0 aromatic heterocycles. The molecule has 11 heavy (non-hydrogen) atoms. The third-order valence-electron chi connectivity index (χ3n) is 3.37. The van der Waals surface area contributed by atoms with E-state index in [1.807, 2.05) is 0 Å². The molecule has 1 aliphatic rings. The Balaban J connectivity index is 2.35. The Morgan fingerprint density at radius 1 is 1.64 bits per heavy atom. The van der Waals surface area contributed by atoms with Gasteiger partial charge in [-0.1, -0.05) is 27.2 Å². The zero-order valence-electron chi connectivity index (χ0n) is 7.93. The highest BCUT2D eigenvalue weighted by Crippen LogP contribution is 2.58. The average Bonchev–Trinajstić information content (AvgIpc) is 2.62. The summed E-state index contributed by atoms with van der Waals surface area (Å²) in [5.41, 5.74) is 0.613. The van der Waals surface area contributed by atoms with Crippen molar-refractivity contribution >= 4 is 0 Å². The monoisotopic (exact) mass is 156 g/mol. The summed E-state index contributed by atoms with van der Waals surface area (Å²) >= 11 is 0. The maximum absolute atomic E-state index is 8.91. The van der Waals surface area contributed by atoms with Crippen LogP contribution >= 0.6 is 0 Å². The molecule has 3 unspecified atom stereocenters. The first-order valence-electron chi connectivity index (χ1n) is 4.75. The summed E-state index contributed by atoms with van der Waals surface area (Å²) in [4.78, 5) is 0. The molecule has 0 saturated heterocycles. The predicted molar refractivity (Wildman–Crippen MR) is 47.4 cm³/mol. The van der Waals surface area contributed by atoms with Gasteiger partial charge < -0.3 is 5.11 Å². The van der Waals surface area contributed by atoms with Crippen molar-refractivity contribution in [2.75, 3.05) is 6.61 Å². The van der Waals surface area contributed by atoms with E-state index in [4.69, 9.17) is 5.11 Å². The van der Waals surface area contributed by atoms with Gasteiger partial charge in [0.25, 0.3) is 0 Å². The van der Waals surface area contributed by atoms with E-state index in [9.17, 15) is 0 Å². The van der Waals surface area contributed by atoms with Crippen molar-refractivity contribution < 1.29 is 5.11 Å². The molecule has 0 radical (unpaired) electrons. The van der Waals surface area contributed by atoms with Gasteiger partial charge in [-0.2, -0.15) is 0 Å². The van der Waals surface area contributed by atoms with E-state index in [0.29, 0.717) is 17.9 Å². The standard InChI is InChI=1S/C10H20O/c1-4-10(6-9(10)3)5-8(2)7-11/h8-9,11H,4-7H2,1-3H3. The van der Waals surface area contributed by atoms with Crippen molar-refractivity contribution in [1.29, 1.82) is 0 Å². The SMILES string of the molecule is CCC1(CC(C)CO)CC1C. The molecule has 0 bridgehead atoms. The molecule has 1 fully saturated rings. The molecule has 0 aliphatic heterocycles. The molecular formula is C10H20O. The first-order chi connectivity index (χ1) is 5.14. The Bertz CT molecular complexity index is 129. The summed E-state index contributed by atoms with van der Waals surface area (Å²) in [6.45, 7) is 7.10. The van der Waals surface area contributed by atoms with Crippen LogP contribution in [-0.2, 0) is 0 Å². The van der Waals surface area contributed by atoms with Crippen LogP contribution in [0.4, 0.5) is 0 Å². The fraction of sp³-hybridized carbons (Fsp3) is 1.00. The third kappa shape index (κ3) is 1.76. The second-order valence-electron chi connectivity index (χ2n) is 4.31. The Hall–Kier alpha value is -0.0400. The van der Waals surface area contributed by atoms with Crippen molar-refractivity contribution in [3.8, 4) is 0 Å². The van der Waals surface area contributed by atoms with Crippen LogP contribution in [-0.4, -0.2) is 11.7 Å². The molecule has 1 saturated carbocycles. The Labute approximate surface area is 69.8 Å². The van der Waals surface area contributed by atoms with Gasteiger partial charge in [0.15, 0.2) is 0 Å². The Morgan fingerprint density at radius 2 is 2.18 bits per heavy atom. The average molecular weight is 156 g/mol. The van der Waals surface area contributed by atoms with Gasteiger partial charge in [-0.25, -0.2) is 0 Å². The molecule has 3 atom stereocenters. The maximum Gasteiger partial charge on any atom is 0.0456 e. The number of rotatable bonds is 4. The number of hydrogen-bond acceptors (Lipinski definition) is 1. The summed E-state index contributed by atoms with van der Waals surface area (Å²) in [5.74, 6) is 1.40. The Kier molecular flexibility index (Phi) is 2.58. The van der Waals surface area contributed by atoms with Crippen LogP contribution in [0.15, 0.2) is 0 Å². The van der Waals surface area contributed by atoms with Gasteiger partial charge >= 0.3 is 0 Å². The predicted octanol–water partition coefficient (Wildman–Crippen LogP) is 2.44. The molecule has 0 spiro atoms. The first kappa shape index (κ1) is 9.05. The molecule has 1 nitrogen and oxygen atoms in total. The molecule has 66 valence electrons. The minimum atomic E-state index is 0.356. The van der Waals surface area contributed by atoms with E-state index in [1.54, 1.807) is 0 Å². The molecule has 0 amide bonds. The van der Waals surface area contributed by atoms with Crippen LogP contribution in [0.25, 0.3) is 0 Å². The second kappa shape index (κ2) is 3.14. The van der Waals surface area contributed by atoms with E-state index >= 15 is 0 Å². The molecule has 1 rings (SSSR count). The van der Waals surface area contributed by atoms with Gasteiger partial charge in [0, 0.05) is 6.61 Å². The molecule has 1 aliphatic carbocycles. The molecule has 0 aromatic rings. The minimum absolute atomic E-state index is 0.356. The number of aliphatic hydroxyl groups is 1. The van der Waals surface area contributed by atoms with E-state index < -0.39 is 0 Å². The number of hydrogen-bond donors (Lipinski definition) is 1. The van der Waals surface area contributed by atoms with Crippen LogP contribution in [0.5, 0.6) is 0 Å². The Morgan fingerprint density at radius 3 is 2.45 bits per heavy atom. The fourth-order valence-corrected chi connectivity index (χ4v) is 2.23. The van der Waals surface area contributed by atoms with E-state index in [-0.39, 0.29) is 0 Å². The topological polar surface area (TPSA) is 20.2 Å². The van der Waals surface area contributed by atoms with Gasteiger partial charge in [0.05, 0.1) is 0 Å². The highest BCUT2D eigenvalue weighted by Gasteiger charge is 2.49. The smallest absolute Gasteiger partial charge is 0.0456 e. The van der Waals surface area contributed by atoms with Gasteiger partial charge in [-0.3, -0.25) is 0 Å². The van der Waals surface area contributed by atoms with Crippen LogP contribution in [0.2, 0.25) is 0 Å². The highest BCUT2D eigenvalue weighted by atomic mass is 16.3. The quantitative estimate of drug-likeness (QED) is 0.663. The summed E-state index contributed by atoms with van der Waals surface area (Å²) < 4.78 is 0. The lowest BCUT2D eigenvalue weighted by atomic mass is 9.89. The molecule has 0 aromatic carbocycles. The van der Waals surface area contributed by atoms with Gasteiger partial charge in [0.2, 0.25) is 0 Å². The highest BCUT2D eigenvalue weighted by molar-refractivity contribution is 4.99. The largest absolute Gasteiger partial charge is 0.396 e. The molecule has 0 heterocycles. The van der Waals surface area contributed by atoms with Crippen LogP contribution in [0.3, 0.4) is 0 Å². The van der Waals surface area contributed by atoms with Crippen LogP contribution in [0, 0.1) is 17.3 Å². The summed E-state index contributed by atoms with van der Waals surface area (Å²) in [6, 6.07) is 0. The summed E-state index contributed by atoms with van der Waals surface area (Å²) in [5, 5.41) is 8.91. The van der Waals surface area contributed by atoms with Gasteiger partial charge in [-0.15, -0.1) is 0 Å². The van der Waals surface area contributed by atoms with E-state index in [0.717, 1.165) is 5.92 Å².